The molecule has 3 rings (SSSR count). The molecule has 0 radical (unpaired) electrons. The number of hydrogen-bond acceptors (Lipinski definition) is 4. The quantitative estimate of drug-likeness (QED) is 0.892. The van der Waals surface area contributed by atoms with Crippen molar-refractivity contribution in [3.63, 3.8) is 0 Å². The molecule has 0 saturated carbocycles. The van der Waals surface area contributed by atoms with Crippen LogP contribution in [0.3, 0.4) is 0 Å². The first-order chi connectivity index (χ1) is 9.85. The zero-order valence-corrected chi connectivity index (χ0v) is 11.7. The van der Waals surface area contributed by atoms with Gasteiger partial charge in [0.05, 0.1) is 18.4 Å². The average Bonchev–Trinajstić information content (AvgIpc) is 2.89. The van der Waals surface area contributed by atoms with Gasteiger partial charge in [-0.25, -0.2) is 4.98 Å². The summed E-state index contributed by atoms with van der Waals surface area (Å²) in [4.78, 5) is 7.10. The highest BCUT2D eigenvalue weighted by molar-refractivity contribution is 5.39. The van der Waals surface area contributed by atoms with E-state index in [2.05, 4.69) is 20.5 Å². The summed E-state index contributed by atoms with van der Waals surface area (Å²) in [6.45, 7) is 4.36. The Labute approximate surface area is 119 Å². The monoisotopic (exact) mass is 274 g/mol. The van der Waals surface area contributed by atoms with Crippen LogP contribution in [0.4, 0.5) is 0 Å². The van der Waals surface area contributed by atoms with Crippen molar-refractivity contribution in [2.75, 3.05) is 26.2 Å². The second kappa shape index (κ2) is 6.35. The Bertz CT molecular complexity index is 513. The van der Waals surface area contributed by atoms with Gasteiger partial charge in [-0.05, 0) is 25.0 Å². The number of imidazole rings is 1. The predicted octanol–water partition coefficient (Wildman–Crippen LogP) is 1.27. The van der Waals surface area contributed by atoms with Gasteiger partial charge in [0, 0.05) is 38.6 Å². The van der Waals surface area contributed by atoms with E-state index in [1.54, 1.807) is 0 Å². The van der Waals surface area contributed by atoms with Crippen LogP contribution in [0.2, 0.25) is 0 Å². The molecule has 5 heteroatoms. The van der Waals surface area contributed by atoms with Gasteiger partial charge in [-0.2, -0.15) is 0 Å². The van der Waals surface area contributed by atoms with Crippen molar-refractivity contribution < 1.29 is 4.74 Å². The molecule has 1 aliphatic rings. The van der Waals surface area contributed by atoms with E-state index >= 15 is 0 Å². The Morgan fingerprint density at radius 1 is 1.30 bits per heavy atom. The molecule has 0 aromatic carbocycles. The molecule has 1 fully saturated rings. The molecular formula is C15H22N4O. The number of nitrogens with zero attached hydrogens (tertiary/aromatic N) is 3. The van der Waals surface area contributed by atoms with Gasteiger partial charge in [0.1, 0.15) is 5.65 Å². The molecule has 0 aliphatic carbocycles. The molecule has 0 unspecified atom stereocenters. The Morgan fingerprint density at radius 2 is 2.15 bits per heavy atom. The molecule has 5 nitrogen and oxygen atoms in total. The second-order valence-corrected chi connectivity index (χ2v) is 5.33. The summed E-state index contributed by atoms with van der Waals surface area (Å²) in [5.41, 5.74) is 7.62. The van der Waals surface area contributed by atoms with E-state index in [9.17, 15) is 0 Å². The standard InChI is InChI=1S/C15H22N4O/c16-6-10-20-14-4-8-18(9-5-14)11-13-12-19-7-2-1-3-15(19)17-13/h1-3,7,12,14H,4-6,8-11,16H2. The molecule has 0 atom stereocenters. The number of nitrogens with two attached hydrogens (primary N) is 1. The maximum Gasteiger partial charge on any atom is 0.137 e. The topological polar surface area (TPSA) is 55.8 Å². The molecule has 0 spiro atoms. The maximum absolute atomic E-state index is 5.71. The minimum atomic E-state index is 0.385. The lowest BCUT2D eigenvalue weighted by molar-refractivity contribution is 0.00957. The van der Waals surface area contributed by atoms with Crippen LogP contribution in [0.5, 0.6) is 0 Å². The predicted molar refractivity (Wildman–Crippen MR) is 78.5 cm³/mol. The van der Waals surface area contributed by atoms with Crippen molar-refractivity contribution in [1.29, 1.82) is 0 Å². The van der Waals surface area contributed by atoms with Crippen LogP contribution in [0.15, 0.2) is 30.6 Å². The number of rotatable bonds is 5. The second-order valence-electron chi connectivity index (χ2n) is 5.33. The first-order valence-electron chi connectivity index (χ1n) is 7.32. The van der Waals surface area contributed by atoms with Crippen LogP contribution < -0.4 is 5.73 Å². The zero-order valence-electron chi connectivity index (χ0n) is 11.7. The maximum atomic E-state index is 5.71. The fraction of sp³-hybridized carbons (Fsp3) is 0.533. The van der Waals surface area contributed by atoms with Crippen molar-refractivity contribution in [3.8, 4) is 0 Å². The van der Waals surface area contributed by atoms with Crippen molar-refractivity contribution >= 4 is 5.65 Å². The van der Waals surface area contributed by atoms with E-state index in [1.165, 1.54) is 0 Å². The van der Waals surface area contributed by atoms with Crippen LogP contribution in [0.1, 0.15) is 18.5 Å². The third-order valence-electron chi connectivity index (χ3n) is 3.81. The van der Waals surface area contributed by atoms with E-state index < -0.39 is 0 Å². The van der Waals surface area contributed by atoms with Gasteiger partial charge in [0.15, 0.2) is 0 Å². The van der Waals surface area contributed by atoms with Gasteiger partial charge in [0.2, 0.25) is 0 Å². The van der Waals surface area contributed by atoms with Crippen molar-refractivity contribution in [2.45, 2.75) is 25.5 Å². The summed E-state index contributed by atoms with van der Waals surface area (Å²) >= 11 is 0. The summed E-state index contributed by atoms with van der Waals surface area (Å²) in [6.07, 6.45) is 6.72. The molecule has 108 valence electrons. The smallest absolute Gasteiger partial charge is 0.137 e. The minimum Gasteiger partial charge on any atom is -0.377 e. The lowest BCUT2D eigenvalue weighted by Crippen LogP contribution is -2.37. The molecule has 2 aromatic heterocycles. The number of pyridine rings is 1. The Morgan fingerprint density at radius 3 is 2.90 bits per heavy atom. The molecule has 1 saturated heterocycles. The van der Waals surface area contributed by atoms with E-state index in [0.717, 1.165) is 43.8 Å². The molecular weight excluding hydrogens is 252 g/mol. The highest BCUT2D eigenvalue weighted by atomic mass is 16.5. The SMILES string of the molecule is NCCOC1CCN(Cc2cn3ccccc3n2)CC1. The van der Waals surface area contributed by atoms with Gasteiger partial charge in [-0.15, -0.1) is 0 Å². The van der Waals surface area contributed by atoms with Gasteiger partial charge in [0.25, 0.3) is 0 Å². The van der Waals surface area contributed by atoms with E-state index in [1.807, 2.05) is 24.4 Å². The summed E-state index contributed by atoms with van der Waals surface area (Å²) in [5.74, 6) is 0. The molecule has 2 N–H and O–H groups in total. The zero-order chi connectivity index (χ0) is 13.8. The molecule has 20 heavy (non-hydrogen) atoms. The van der Waals surface area contributed by atoms with Crippen molar-refractivity contribution in [2.24, 2.45) is 5.73 Å². The fourth-order valence-electron chi connectivity index (χ4n) is 2.76. The summed E-state index contributed by atoms with van der Waals surface area (Å²) in [5, 5.41) is 0. The molecule has 3 heterocycles. The number of likely N-dealkylation sites (tertiary alicyclic amines) is 1. The van der Waals surface area contributed by atoms with Crippen molar-refractivity contribution in [1.82, 2.24) is 14.3 Å². The Balaban J connectivity index is 1.54. The van der Waals surface area contributed by atoms with Gasteiger partial charge >= 0.3 is 0 Å². The Kier molecular flexibility index (Phi) is 4.30. The highest BCUT2D eigenvalue weighted by Crippen LogP contribution is 2.16. The number of piperidine rings is 1. The van der Waals surface area contributed by atoms with E-state index in [4.69, 9.17) is 10.5 Å². The lowest BCUT2D eigenvalue weighted by atomic mass is 10.1. The van der Waals surface area contributed by atoms with Crippen LogP contribution >= 0.6 is 0 Å². The summed E-state index contributed by atoms with van der Waals surface area (Å²) in [7, 11) is 0. The van der Waals surface area contributed by atoms with Gasteiger partial charge in [-0.3, -0.25) is 4.90 Å². The molecule has 1 aliphatic heterocycles. The van der Waals surface area contributed by atoms with E-state index in [0.29, 0.717) is 19.3 Å². The van der Waals surface area contributed by atoms with E-state index in [-0.39, 0.29) is 0 Å². The van der Waals surface area contributed by atoms with Gasteiger partial charge in [-0.1, -0.05) is 6.07 Å². The molecule has 2 aromatic rings. The third kappa shape index (κ3) is 3.17. The third-order valence-corrected chi connectivity index (χ3v) is 3.81. The highest BCUT2D eigenvalue weighted by Gasteiger charge is 2.20. The molecule has 0 amide bonds. The number of aromatic nitrogens is 2. The first kappa shape index (κ1) is 13.5. The largest absolute Gasteiger partial charge is 0.377 e. The lowest BCUT2D eigenvalue weighted by Gasteiger charge is -2.31. The van der Waals surface area contributed by atoms with Crippen LogP contribution in [0.25, 0.3) is 5.65 Å². The van der Waals surface area contributed by atoms with Crippen LogP contribution in [-0.2, 0) is 11.3 Å². The van der Waals surface area contributed by atoms with Crippen LogP contribution in [0, 0.1) is 0 Å². The number of hydrogen-bond donors (Lipinski definition) is 1. The Hall–Kier alpha value is -1.43. The fourth-order valence-corrected chi connectivity index (χ4v) is 2.76. The van der Waals surface area contributed by atoms with Gasteiger partial charge < -0.3 is 14.9 Å². The summed E-state index contributed by atoms with van der Waals surface area (Å²) < 4.78 is 7.78. The average molecular weight is 274 g/mol. The number of fused-ring (bicyclic) bond motifs is 1. The minimum absolute atomic E-state index is 0.385. The first-order valence-corrected chi connectivity index (χ1v) is 7.32. The molecule has 0 bridgehead atoms. The number of ether oxygens (including phenoxy) is 1. The summed E-state index contributed by atoms with van der Waals surface area (Å²) in [6, 6.07) is 6.08. The normalized spacial score (nSPS) is 17.9. The van der Waals surface area contributed by atoms with Crippen molar-refractivity contribution in [3.05, 3.63) is 36.3 Å². The van der Waals surface area contributed by atoms with Crippen LogP contribution in [-0.4, -0.2) is 46.6 Å².